The molecule has 0 unspecified atom stereocenters. The minimum atomic E-state index is 0.596. The first-order valence-electron chi connectivity index (χ1n) is 6.17. The van der Waals surface area contributed by atoms with Gasteiger partial charge in [0, 0.05) is 29.4 Å². The van der Waals surface area contributed by atoms with Gasteiger partial charge in [0.2, 0.25) is 5.88 Å². The fraction of sp³-hybridized carbons (Fsp3) is 0.0714. The van der Waals surface area contributed by atoms with Crippen molar-refractivity contribution in [3.63, 3.8) is 0 Å². The van der Waals surface area contributed by atoms with Gasteiger partial charge in [0.1, 0.15) is 12.0 Å². The largest absolute Gasteiger partial charge is 0.481 e. The number of hydrogen-bond acceptors (Lipinski definition) is 4. The molecule has 0 saturated carbocycles. The van der Waals surface area contributed by atoms with Gasteiger partial charge in [-0.1, -0.05) is 0 Å². The Morgan fingerprint density at radius 3 is 3.10 bits per heavy atom. The van der Waals surface area contributed by atoms with Gasteiger partial charge in [-0.3, -0.25) is 0 Å². The van der Waals surface area contributed by atoms with Crippen molar-refractivity contribution >= 4 is 16.7 Å². The van der Waals surface area contributed by atoms with Crippen LogP contribution in [0.2, 0.25) is 0 Å². The van der Waals surface area contributed by atoms with E-state index in [0.29, 0.717) is 5.88 Å². The molecule has 0 fully saturated rings. The number of aromatic nitrogens is 5. The topological polar surface area (TPSA) is 68.1 Å². The van der Waals surface area contributed by atoms with Gasteiger partial charge in [-0.15, -0.1) is 0 Å². The molecule has 0 aliphatic rings. The number of ether oxygens (including phenoxy) is 1. The molecule has 4 rings (SSSR count). The molecule has 4 heterocycles. The molecule has 0 bridgehead atoms. The van der Waals surface area contributed by atoms with Gasteiger partial charge in [0.15, 0.2) is 5.65 Å². The summed E-state index contributed by atoms with van der Waals surface area (Å²) in [4.78, 5) is 11.8. The van der Waals surface area contributed by atoms with Crippen molar-refractivity contribution in [2.24, 2.45) is 0 Å². The average Bonchev–Trinajstić information content (AvgIpc) is 3.11. The van der Waals surface area contributed by atoms with Crippen LogP contribution in [-0.4, -0.2) is 31.7 Å². The molecular weight excluding hydrogens is 254 g/mol. The standard InChI is InChI=1S/C14H11N5O/c1-20-13-3-2-10-11(7-15-14(10)18-13)9-4-5-19-12(6-9)16-8-17-19/h2-8H,1H3,(H,15,18). The average molecular weight is 265 g/mol. The highest BCUT2D eigenvalue weighted by molar-refractivity contribution is 5.94. The molecule has 0 atom stereocenters. The molecular formula is C14H11N5O. The summed E-state index contributed by atoms with van der Waals surface area (Å²) >= 11 is 0. The number of aromatic amines is 1. The van der Waals surface area contributed by atoms with Crippen molar-refractivity contribution in [2.75, 3.05) is 7.11 Å². The lowest BCUT2D eigenvalue weighted by Gasteiger charge is -2.01. The van der Waals surface area contributed by atoms with E-state index in [4.69, 9.17) is 4.74 Å². The van der Waals surface area contributed by atoms with Gasteiger partial charge in [0.25, 0.3) is 0 Å². The number of fused-ring (bicyclic) bond motifs is 2. The molecule has 0 aromatic carbocycles. The number of rotatable bonds is 2. The van der Waals surface area contributed by atoms with Crippen LogP contribution in [0.1, 0.15) is 0 Å². The number of pyridine rings is 2. The molecule has 0 saturated heterocycles. The summed E-state index contributed by atoms with van der Waals surface area (Å²) in [7, 11) is 1.61. The second kappa shape index (κ2) is 4.06. The van der Waals surface area contributed by atoms with Gasteiger partial charge >= 0.3 is 0 Å². The molecule has 20 heavy (non-hydrogen) atoms. The zero-order valence-electron chi connectivity index (χ0n) is 10.7. The van der Waals surface area contributed by atoms with Gasteiger partial charge in [-0.2, -0.15) is 10.1 Å². The summed E-state index contributed by atoms with van der Waals surface area (Å²) in [6.45, 7) is 0. The van der Waals surface area contributed by atoms with Crippen LogP contribution in [0.3, 0.4) is 0 Å². The zero-order chi connectivity index (χ0) is 13.5. The highest BCUT2D eigenvalue weighted by atomic mass is 16.5. The zero-order valence-corrected chi connectivity index (χ0v) is 10.7. The van der Waals surface area contributed by atoms with E-state index in [9.17, 15) is 0 Å². The van der Waals surface area contributed by atoms with E-state index in [2.05, 4.69) is 20.1 Å². The van der Waals surface area contributed by atoms with E-state index < -0.39 is 0 Å². The number of nitrogens with one attached hydrogen (secondary N) is 1. The maximum Gasteiger partial charge on any atom is 0.214 e. The summed E-state index contributed by atoms with van der Waals surface area (Å²) in [6, 6.07) is 7.87. The van der Waals surface area contributed by atoms with Crippen molar-refractivity contribution < 1.29 is 4.74 Å². The third-order valence-corrected chi connectivity index (χ3v) is 3.31. The van der Waals surface area contributed by atoms with Gasteiger partial charge < -0.3 is 9.72 Å². The van der Waals surface area contributed by atoms with Gasteiger partial charge in [-0.05, 0) is 23.8 Å². The van der Waals surface area contributed by atoms with E-state index in [1.165, 1.54) is 0 Å². The van der Waals surface area contributed by atoms with E-state index >= 15 is 0 Å². The minimum absolute atomic E-state index is 0.596. The Kier molecular flexibility index (Phi) is 2.23. The second-order valence-electron chi connectivity index (χ2n) is 4.43. The van der Waals surface area contributed by atoms with E-state index in [-0.39, 0.29) is 0 Å². The molecule has 0 aliphatic heterocycles. The van der Waals surface area contributed by atoms with Crippen LogP contribution in [-0.2, 0) is 0 Å². The Morgan fingerprint density at radius 1 is 1.25 bits per heavy atom. The maximum absolute atomic E-state index is 5.13. The van der Waals surface area contributed by atoms with Crippen molar-refractivity contribution in [2.45, 2.75) is 0 Å². The van der Waals surface area contributed by atoms with Crippen LogP contribution in [0.4, 0.5) is 0 Å². The SMILES string of the molecule is COc1ccc2c(-c3ccn4ncnc4c3)c[nH]c2n1. The summed E-state index contributed by atoms with van der Waals surface area (Å²) in [5.74, 6) is 0.596. The molecule has 6 nitrogen and oxygen atoms in total. The summed E-state index contributed by atoms with van der Waals surface area (Å²) in [5.41, 5.74) is 3.78. The Morgan fingerprint density at radius 2 is 2.20 bits per heavy atom. The maximum atomic E-state index is 5.13. The first-order valence-corrected chi connectivity index (χ1v) is 6.17. The molecule has 98 valence electrons. The molecule has 6 heteroatoms. The van der Waals surface area contributed by atoms with Crippen molar-refractivity contribution in [1.82, 2.24) is 24.6 Å². The highest BCUT2D eigenvalue weighted by Gasteiger charge is 2.09. The summed E-state index contributed by atoms with van der Waals surface area (Å²) in [5, 5.41) is 5.15. The number of nitrogens with zero attached hydrogens (tertiary/aromatic N) is 4. The number of methoxy groups -OCH3 is 1. The highest BCUT2D eigenvalue weighted by Crippen LogP contribution is 2.29. The molecule has 1 N–H and O–H groups in total. The third-order valence-electron chi connectivity index (χ3n) is 3.31. The Balaban J connectivity index is 1.92. The smallest absolute Gasteiger partial charge is 0.214 e. The van der Waals surface area contributed by atoms with Crippen LogP contribution in [0.15, 0.2) is 43.0 Å². The van der Waals surface area contributed by atoms with Crippen LogP contribution < -0.4 is 4.74 Å². The quantitative estimate of drug-likeness (QED) is 0.603. The van der Waals surface area contributed by atoms with Gasteiger partial charge in [0.05, 0.1) is 7.11 Å². The molecule has 0 radical (unpaired) electrons. The predicted octanol–water partition coefficient (Wildman–Crippen LogP) is 2.28. The lowest BCUT2D eigenvalue weighted by atomic mass is 10.1. The fourth-order valence-electron chi connectivity index (χ4n) is 2.32. The monoisotopic (exact) mass is 265 g/mol. The molecule has 4 aromatic heterocycles. The molecule has 0 spiro atoms. The van der Waals surface area contributed by atoms with E-state index in [0.717, 1.165) is 27.8 Å². The molecule has 0 aliphatic carbocycles. The Hall–Kier alpha value is -2.89. The Bertz CT molecular complexity index is 908. The normalized spacial score (nSPS) is 11.2. The first-order chi connectivity index (χ1) is 9.85. The second-order valence-corrected chi connectivity index (χ2v) is 4.43. The van der Waals surface area contributed by atoms with E-state index in [1.54, 1.807) is 18.0 Å². The number of hydrogen-bond donors (Lipinski definition) is 1. The third kappa shape index (κ3) is 1.55. The van der Waals surface area contributed by atoms with Crippen molar-refractivity contribution in [3.8, 4) is 17.0 Å². The lowest BCUT2D eigenvalue weighted by molar-refractivity contribution is 0.399. The van der Waals surface area contributed by atoms with E-state index in [1.807, 2.05) is 36.7 Å². The van der Waals surface area contributed by atoms with Crippen LogP contribution in [0, 0.1) is 0 Å². The van der Waals surface area contributed by atoms with Gasteiger partial charge in [-0.25, -0.2) is 9.50 Å². The summed E-state index contributed by atoms with van der Waals surface area (Å²) < 4.78 is 6.87. The molecule has 0 amide bonds. The van der Waals surface area contributed by atoms with Crippen molar-refractivity contribution in [1.29, 1.82) is 0 Å². The fourth-order valence-corrected chi connectivity index (χ4v) is 2.32. The van der Waals surface area contributed by atoms with Crippen LogP contribution >= 0.6 is 0 Å². The molecule has 4 aromatic rings. The predicted molar refractivity (Wildman–Crippen MR) is 74.6 cm³/mol. The van der Waals surface area contributed by atoms with Crippen LogP contribution in [0.25, 0.3) is 27.8 Å². The number of H-pyrrole nitrogens is 1. The van der Waals surface area contributed by atoms with Crippen molar-refractivity contribution in [3.05, 3.63) is 43.0 Å². The first kappa shape index (κ1) is 11.0. The lowest BCUT2D eigenvalue weighted by Crippen LogP contribution is -1.88. The Labute approximate surface area is 114 Å². The van der Waals surface area contributed by atoms with Crippen LogP contribution in [0.5, 0.6) is 5.88 Å². The minimum Gasteiger partial charge on any atom is -0.481 e. The summed E-state index contributed by atoms with van der Waals surface area (Å²) in [6.07, 6.45) is 5.38.